The lowest BCUT2D eigenvalue weighted by Gasteiger charge is -2.20. The molecule has 18 heavy (non-hydrogen) atoms. The van der Waals surface area contributed by atoms with Crippen LogP contribution < -0.4 is 10.5 Å². The highest BCUT2D eigenvalue weighted by atomic mass is 35.5. The minimum Gasteiger partial charge on any atom is -0.493 e. The maximum atomic E-state index is 5.96. The second-order valence-corrected chi connectivity index (χ2v) is 4.89. The average Bonchev–Trinajstić information content (AvgIpc) is 2.41. The zero-order valence-corrected chi connectivity index (χ0v) is 10.7. The Morgan fingerprint density at radius 2 is 2.06 bits per heavy atom. The third-order valence-corrected chi connectivity index (χ3v) is 3.58. The van der Waals surface area contributed by atoms with Gasteiger partial charge in [-0.15, -0.1) is 0 Å². The first-order chi connectivity index (χ1) is 8.75. The molecule has 2 aromatic rings. The summed E-state index contributed by atoms with van der Waals surface area (Å²) in [6.07, 6.45) is 2.16. The van der Waals surface area contributed by atoms with Crippen LogP contribution in [0.2, 0.25) is 5.02 Å². The van der Waals surface area contributed by atoms with E-state index in [1.54, 1.807) is 0 Å². The van der Waals surface area contributed by atoms with Crippen molar-refractivity contribution in [2.45, 2.75) is 12.8 Å². The van der Waals surface area contributed by atoms with Crippen LogP contribution in [-0.2, 0) is 6.42 Å². The smallest absolute Gasteiger partial charge is 0.130 e. The van der Waals surface area contributed by atoms with Crippen molar-refractivity contribution in [3.05, 3.63) is 47.0 Å². The van der Waals surface area contributed by atoms with E-state index in [2.05, 4.69) is 18.2 Å². The fourth-order valence-electron chi connectivity index (χ4n) is 2.33. The van der Waals surface area contributed by atoms with E-state index in [1.807, 2.05) is 18.2 Å². The van der Waals surface area contributed by atoms with Crippen LogP contribution in [0.5, 0.6) is 5.75 Å². The predicted molar refractivity (Wildman–Crippen MR) is 75.1 cm³/mol. The van der Waals surface area contributed by atoms with Crippen molar-refractivity contribution in [1.29, 1.82) is 0 Å². The highest BCUT2D eigenvalue weighted by Crippen LogP contribution is 2.37. The van der Waals surface area contributed by atoms with Gasteiger partial charge < -0.3 is 10.5 Å². The Bertz CT molecular complexity index is 595. The second-order valence-electron chi connectivity index (χ2n) is 4.48. The molecule has 1 heterocycles. The SMILES string of the molecule is Nc1cc(-c2cccc3c2OCCC3)ccc1Cl. The van der Waals surface area contributed by atoms with Crippen LogP contribution in [0.15, 0.2) is 36.4 Å². The topological polar surface area (TPSA) is 35.2 Å². The molecule has 3 heteroatoms. The number of aryl methyl sites for hydroxylation is 1. The molecule has 0 saturated heterocycles. The molecular formula is C15H14ClNO. The van der Waals surface area contributed by atoms with Crippen molar-refractivity contribution in [2.75, 3.05) is 12.3 Å². The standard InChI is InChI=1S/C15H14ClNO/c16-13-7-6-11(9-14(13)17)12-5-1-3-10-4-2-8-18-15(10)12/h1,3,5-7,9H,2,4,8,17H2. The first-order valence-corrected chi connectivity index (χ1v) is 6.43. The summed E-state index contributed by atoms with van der Waals surface area (Å²) >= 11 is 5.96. The fourth-order valence-corrected chi connectivity index (χ4v) is 2.45. The maximum Gasteiger partial charge on any atom is 0.130 e. The van der Waals surface area contributed by atoms with Crippen molar-refractivity contribution in [1.82, 2.24) is 0 Å². The fraction of sp³-hybridized carbons (Fsp3) is 0.200. The molecule has 1 aliphatic rings. The Kier molecular flexibility index (Phi) is 2.88. The molecule has 2 nitrogen and oxygen atoms in total. The van der Waals surface area contributed by atoms with Gasteiger partial charge in [0.25, 0.3) is 0 Å². The van der Waals surface area contributed by atoms with Crippen molar-refractivity contribution in [3.8, 4) is 16.9 Å². The van der Waals surface area contributed by atoms with E-state index in [-0.39, 0.29) is 0 Å². The summed E-state index contributed by atoms with van der Waals surface area (Å²) in [7, 11) is 0. The van der Waals surface area contributed by atoms with Crippen molar-refractivity contribution >= 4 is 17.3 Å². The van der Waals surface area contributed by atoms with Gasteiger partial charge in [-0.2, -0.15) is 0 Å². The van der Waals surface area contributed by atoms with Gasteiger partial charge in [-0.25, -0.2) is 0 Å². The van der Waals surface area contributed by atoms with Crippen LogP contribution >= 0.6 is 11.6 Å². The van der Waals surface area contributed by atoms with Crippen LogP contribution in [0, 0.1) is 0 Å². The van der Waals surface area contributed by atoms with E-state index >= 15 is 0 Å². The highest BCUT2D eigenvalue weighted by molar-refractivity contribution is 6.33. The summed E-state index contributed by atoms with van der Waals surface area (Å²) in [5.41, 5.74) is 9.88. The Labute approximate surface area is 111 Å². The third-order valence-electron chi connectivity index (χ3n) is 3.24. The lowest BCUT2D eigenvalue weighted by Crippen LogP contribution is -2.09. The number of hydrogen-bond acceptors (Lipinski definition) is 2. The summed E-state index contributed by atoms with van der Waals surface area (Å²) in [4.78, 5) is 0. The lowest BCUT2D eigenvalue weighted by atomic mass is 9.97. The first-order valence-electron chi connectivity index (χ1n) is 6.06. The van der Waals surface area contributed by atoms with Gasteiger partial charge in [0.1, 0.15) is 5.75 Å². The number of ether oxygens (including phenoxy) is 1. The third kappa shape index (κ3) is 1.93. The predicted octanol–water partition coefficient (Wildman–Crippen LogP) is 3.91. The number of benzene rings is 2. The number of rotatable bonds is 1. The maximum absolute atomic E-state index is 5.96. The molecule has 0 spiro atoms. The van der Waals surface area contributed by atoms with Crippen LogP contribution in [0.1, 0.15) is 12.0 Å². The van der Waals surface area contributed by atoms with Crippen LogP contribution in [-0.4, -0.2) is 6.61 Å². The van der Waals surface area contributed by atoms with Crippen molar-refractivity contribution in [3.63, 3.8) is 0 Å². The summed E-state index contributed by atoms with van der Waals surface area (Å²) in [6, 6.07) is 12.0. The summed E-state index contributed by atoms with van der Waals surface area (Å²) in [5.74, 6) is 0.991. The molecular weight excluding hydrogens is 246 g/mol. The molecule has 2 N–H and O–H groups in total. The Hall–Kier alpha value is -1.67. The quantitative estimate of drug-likeness (QED) is 0.788. The summed E-state index contributed by atoms with van der Waals surface area (Å²) in [6.45, 7) is 0.785. The molecule has 0 aromatic heterocycles. The first kappa shape index (κ1) is 11.4. The molecule has 2 aromatic carbocycles. The highest BCUT2D eigenvalue weighted by Gasteiger charge is 2.15. The minimum absolute atomic E-state index is 0.587. The number of para-hydroxylation sites is 1. The van der Waals surface area contributed by atoms with E-state index in [4.69, 9.17) is 22.1 Å². The number of fused-ring (bicyclic) bond motifs is 1. The molecule has 0 unspecified atom stereocenters. The number of anilines is 1. The number of nitrogen functional groups attached to an aromatic ring is 1. The van der Waals surface area contributed by atoms with E-state index < -0.39 is 0 Å². The molecule has 0 fully saturated rings. The second kappa shape index (κ2) is 4.54. The normalized spacial score (nSPS) is 13.8. The Balaban J connectivity index is 2.13. The van der Waals surface area contributed by atoms with Crippen LogP contribution in [0.3, 0.4) is 0 Å². The molecule has 3 rings (SSSR count). The molecule has 1 aliphatic heterocycles. The zero-order chi connectivity index (χ0) is 12.5. The van der Waals surface area contributed by atoms with Crippen LogP contribution in [0.4, 0.5) is 5.69 Å². The van der Waals surface area contributed by atoms with E-state index in [9.17, 15) is 0 Å². The Morgan fingerprint density at radius 1 is 1.17 bits per heavy atom. The van der Waals surface area contributed by atoms with E-state index in [0.29, 0.717) is 10.7 Å². The van der Waals surface area contributed by atoms with Gasteiger partial charge in [-0.1, -0.05) is 35.9 Å². The average molecular weight is 260 g/mol. The van der Waals surface area contributed by atoms with Gasteiger partial charge in [0.15, 0.2) is 0 Å². The molecule has 0 atom stereocenters. The van der Waals surface area contributed by atoms with Gasteiger partial charge in [0.2, 0.25) is 0 Å². The number of halogens is 1. The molecule has 0 saturated carbocycles. The monoisotopic (exact) mass is 259 g/mol. The molecule has 0 amide bonds. The molecule has 92 valence electrons. The van der Waals surface area contributed by atoms with Gasteiger partial charge >= 0.3 is 0 Å². The summed E-state index contributed by atoms with van der Waals surface area (Å²) < 4.78 is 5.81. The lowest BCUT2D eigenvalue weighted by molar-refractivity contribution is 0.289. The minimum atomic E-state index is 0.587. The molecule has 0 radical (unpaired) electrons. The number of nitrogens with two attached hydrogens (primary N) is 1. The largest absolute Gasteiger partial charge is 0.493 e. The van der Waals surface area contributed by atoms with Gasteiger partial charge in [0.05, 0.1) is 17.3 Å². The van der Waals surface area contributed by atoms with E-state index in [1.165, 1.54) is 5.56 Å². The number of hydrogen-bond donors (Lipinski definition) is 1. The van der Waals surface area contributed by atoms with Crippen molar-refractivity contribution in [2.24, 2.45) is 0 Å². The van der Waals surface area contributed by atoms with Gasteiger partial charge in [0, 0.05) is 5.56 Å². The van der Waals surface area contributed by atoms with E-state index in [0.717, 1.165) is 36.3 Å². The van der Waals surface area contributed by atoms with Crippen LogP contribution in [0.25, 0.3) is 11.1 Å². The Morgan fingerprint density at radius 3 is 2.89 bits per heavy atom. The summed E-state index contributed by atoms with van der Waals surface area (Å²) in [5, 5.41) is 0.587. The molecule has 0 bridgehead atoms. The van der Waals surface area contributed by atoms with Gasteiger partial charge in [-0.3, -0.25) is 0 Å². The van der Waals surface area contributed by atoms with Gasteiger partial charge in [-0.05, 0) is 36.1 Å². The molecule has 0 aliphatic carbocycles. The zero-order valence-electron chi connectivity index (χ0n) is 9.95. The van der Waals surface area contributed by atoms with Crippen molar-refractivity contribution < 1.29 is 4.74 Å².